The van der Waals surface area contributed by atoms with Crippen molar-refractivity contribution in [3.05, 3.63) is 0 Å². The molecule has 5 heteroatoms. The Morgan fingerprint density at radius 1 is 1.33 bits per heavy atom. The first kappa shape index (κ1) is 15.7. The van der Waals surface area contributed by atoms with E-state index in [9.17, 15) is 4.79 Å². The maximum absolute atomic E-state index is 11.8. The van der Waals surface area contributed by atoms with Crippen molar-refractivity contribution in [3.63, 3.8) is 0 Å². The molecule has 1 heterocycles. The van der Waals surface area contributed by atoms with Gasteiger partial charge in [0.2, 0.25) is 5.91 Å². The molecule has 4 nitrogen and oxygen atoms in total. The van der Waals surface area contributed by atoms with Gasteiger partial charge in [0, 0.05) is 32.0 Å². The van der Waals surface area contributed by atoms with Crippen LogP contribution in [0.3, 0.4) is 0 Å². The molecule has 0 bridgehead atoms. The lowest BCUT2D eigenvalue weighted by Crippen LogP contribution is -2.41. The molecule has 0 aromatic rings. The number of nitrogens with zero attached hydrogens (tertiary/aromatic N) is 1. The number of rotatable bonds is 8. The zero-order valence-corrected chi connectivity index (χ0v) is 12.0. The van der Waals surface area contributed by atoms with Gasteiger partial charge in [-0.05, 0) is 26.2 Å². The number of carbonyl (C=O) groups excluding carboxylic acids is 1. The number of piperidine rings is 1. The molecule has 0 atom stereocenters. The van der Waals surface area contributed by atoms with Gasteiger partial charge in [-0.3, -0.25) is 4.79 Å². The Hall–Kier alpha value is -0.320. The van der Waals surface area contributed by atoms with Crippen LogP contribution in [0, 0.1) is 0 Å². The van der Waals surface area contributed by atoms with E-state index in [0.29, 0.717) is 25.5 Å². The molecule has 0 N–H and O–H groups in total. The van der Waals surface area contributed by atoms with E-state index in [-0.39, 0.29) is 12.0 Å². The molecule has 1 fully saturated rings. The van der Waals surface area contributed by atoms with E-state index in [1.165, 1.54) is 0 Å². The van der Waals surface area contributed by atoms with Crippen molar-refractivity contribution in [2.24, 2.45) is 0 Å². The Bertz CT molecular complexity index is 230. The first-order valence-corrected chi connectivity index (χ1v) is 7.34. The molecule has 1 aliphatic rings. The van der Waals surface area contributed by atoms with E-state index >= 15 is 0 Å². The van der Waals surface area contributed by atoms with Gasteiger partial charge in [-0.1, -0.05) is 0 Å². The summed E-state index contributed by atoms with van der Waals surface area (Å²) < 4.78 is 10.9. The Morgan fingerprint density at radius 2 is 2.06 bits per heavy atom. The minimum Gasteiger partial charge on any atom is -0.379 e. The predicted octanol–water partition coefficient (Wildman–Crippen LogP) is 2.05. The molecule has 0 spiro atoms. The fourth-order valence-electron chi connectivity index (χ4n) is 2.07. The van der Waals surface area contributed by atoms with Crippen LogP contribution in [0.1, 0.15) is 32.6 Å². The van der Waals surface area contributed by atoms with Gasteiger partial charge in [0.15, 0.2) is 0 Å². The Morgan fingerprint density at radius 3 is 2.67 bits per heavy atom. The van der Waals surface area contributed by atoms with E-state index in [1.807, 2.05) is 11.8 Å². The number of hydrogen-bond acceptors (Lipinski definition) is 3. The summed E-state index contributed by atoms with van der Waals surface area (Å²) in [4.78, 5) is 13.7. The topological polar surface area (TPSA) is 38.8 Å². The first-order chi connectivity index (χ1) is 8.77. The molecule has 106 valence electrons. The summed E-state index contributed by atoms with van der Waals surface area (Å²) in [5.41, 5.74) is 0. The lowest BCUT2D eigenvalue weighted by Gasteiger charge is -2.32. The second-order valence-corrected chi connectivity index (χ2v) is 4.82. The molecule has 18 heavy (non-hydrogen) atoms. The Labute approximate surface area is 115 Å². The van der Waals surface area contributed by atoms with E-state index < -0.39 is 0 Å². The normalized spacial score (nSPS) is 17.1. The van der Waals surface area contributed by atoms with Crippen LogP contribution in [-0.2, 0) is 14.3 Å². The van der Waals surface area contributed by atoms with Crippen LogP contribution in [0.15, 0.2) is 0 Å². The van der Waals surface area contributed by atoms with Gasteiger partial charge in [0.25, 0.3) is 0 Å². The summed E-state index contributed by atoms with van der Waals surface area (Å²) in [6, 6.07) is 0. The first-order valence-electron chi connectivity index (χ1n) is 6.81. The van der Waals surface area contributed by atoms with E-state index in [0.717, 1.165) is 39.0 Å². The van der Waals surface area contributed by atoms with Crippen LogP contribution < -0.4 is 0 Å². The fraction of sp³-hybridized carbons (Fsp3) is 0.923. The summed E-state index contributed by atoms with van der Waals surface area (Å²) >= 11 is 5.59. The smallest absolute Gasteiger partial charge is 0.222 e. The summed E-state index contributed by atoms with van der Waals surface area (Å²) in [6.07, 6.45) is 3.48. The van der Waals surface area contributed by atoms with Gasteiger partial charge in [-0.2, -0.15) is 0 Å². The maximum Gasteiger partial charge on any atom is 0.222 e. The number of hydrogen-bond donors (Lipinski definition) is 0. The minimum atomic E-state index is 0.225. The zero-order valence-electron chi connectivity index (χ0n) is 11.2. The molecule has 0 aliphatic carbocycles. The number of ether oxygens (including phenoxy) is 2. The third-order valence-electron chi connectivity index (χ3n) is 3.10. The standard InChI is InChI=1S/C13H24ClNO3/c1-2-17-10-11-18-12-5-8-15(9-6-12)13(16)4-3-7-14/h12H,2-11H2,1H3. The van der Waals surface area contributed by atoms with E-state index in [4.69, 9.17) is 21.1 Å². The second-order valence-electron chi connectivity index (χ2n) is 4.44. The summed E-state index contributed by atoms with van der Waals surface area (Å²) in [5, 5.41) is 0. The number of alkyl halides is 1. The molecule has 1 rings (SSSR count). The summed E-state index contributed by atoms with van der Waals surface area (Å²) in [7, 11) is 0. The lowest BCUT2D eigenvalue weighted by molar-refractivity contribution is -0.134. The molecular formula is C13H24ClNO3. The molecule has 1 amide bonds. The highest BCUT2D eigenvalue weighted by Crippen LogP contribution is 2.15. The van der Waals surface area contributed by atoms with Gasteiger partial charge in [0.05, 0.1) is 19.3 Å². The highest BCUT2D eigenvalue weighted by Gasteiger charge is 2.22. The van der Waals surface area contributed by atoms with Crippen molar-refractivity contribution in [2.75, 3.05) is 38.8 Å². The average Bonchev–Trinajstić information content (AvgIpc) is 2.41. The van der Waals surface area contributed by atoms with Crippen molar-refractivity contribution < 1.29 is 14.3 Å². The van der Waals surface area contributed by atoms with Crippen molar-refractivity contribution >= 4 is 17.5 Å². The van der Waals surface area contributed by atoms with Gasteiger partial charge < -0.3 is 14.4 Å². The quantitative estimate of drug-likeness (QED) is 0.503. The third-order valence-corrected chi connectivity index (χ3v) is 3.37. The van der Waals surface area contributed by atoms with Crippen molar-refractivity contribution in [3.8, 4) is 0 Å². The molecule has 0 aromatic carbocycles. The molecule has 1 saturated heterocycles. The largest absolute Gasteiger partial charge is 0.379 e. The van der Waals surface area contributed by atoms with Crippen LogP contribution in [-0.4, -0.2) is 55.7 Å². The number of amides is 1. The van der Waals surface area contributed by atoms with Crippen LogP contribution in [0.4, 0.5) is 0 Å². The third kappa shape index (κ3) is 6.03. The molecule has 0 unspecified atom stereocenters. The van der Waals surface area contributed by atoms with Crippen LogP contribution in [0.25, 0.3) is 0 Å². The van der Waals surface area contributed by atoms with E-state index in [2.05, 4.69) is 0 Å². The van der Waals surface area contributed by atoms with Gasteiger partial charge >= 0.3 is 0 Å². The SMILES string of the molecule is CCOCCOC1CCN(C(=O)CCCCl)CC1. The number of likely N-dealkylation sites (tertiary alicyclic amines) is 1. The number of halogens is 1. The van der Waals surface area contributed by atoms with Gasteiger partial charge in [0.1, 0.15) is 0 Å². The van der Waals surface area contributed by atoms with Gasteiger partial charge in [-0.25, -0.2) is 0 Å². The highest BCUT2D eigenvalue weighted by molar-refractivity contribution is 6.17. The van der Waals surface area contributed by atoms with E-state index in [1.54, 1.807) is 0 Å². The second kappa shape index (κ2) is 9.59. The Kier molecular flexibility index (Phi) is 8.38. The maximum atomic E-state index is 11.8. The lowest BCUT2D eigenvalue weighted by atomic mass is 10.1. The molecule has 1 aliphatic heterocycles. The van der Waals surface area contributed by atoms with Crippen molar-refractivity contribution in [1.82, 2.24) is 4.90 Å². The van der Waals surface area contributed by atoms with Crippen molar-refractivity contribution in [2.45, 2.75) is 38.7 Å². The predicted molar refractivity (Wildman–Crippen MR) is 72.0 cm³/mol. The highest BCUT2D eigenvalue weighted by atomic mass is 35.5. The summed E-state index contributed by atoms with van der Waals surface area (Å²) in [5.74, 6) is 0.784. The Balaban J connectivity index is 2.10. The molecule has 0 saturated carbocycles. The van der Waals surface area contributed by atoms with Gasteiger partial charge in [-0.15, -0.1) is 11.6 Å². The summed E-state index contributed by atoms with van der Waals surface area (Å²) in [6.45, 7) is 5.63. The van der Waals surface area contributed by atoms with Crippen LogP contribution >= 0.6 is 11.6 Å². The fourth-order valence-corrected chi connectivity index (χ4v) is 2.20. The molecular weight excluding hydrogens is 254 g/mol. The minimum absolute atomic E-state index is 0.225. The van der Waals surface area contributed by atoms with Crippen LogP contribution in [0.2, 0.25) is 0 Å². The van der Waals surface area contributed by atoms with Crippen molar-refractivity contribution in [1.29, 1.82) is 0 Å². The number of carbonyl (C=O) groups is 1. The zero-order chi connectivity index (χ0) is 13.2. The van der Waals surface area contributed by atoms with Crippen LogP contribution in [0.5, 0.6) is 0 Å². The molecule has 0 aromatic heterocycles. The molecule has 0 radical (unpaired) electrons. The average molecular weight is 278 g/mol. The monoisotopic (exact) mass is 277 g/mol.